The number of nitrogens with one attached hydrogen (secondary N) is 2. The molecule has 0 unspecified atom stereocenters. The first kappa shape index (κ1) is 17.3. The smallest absolute Gasteiger partial charge is 0.262 e. The molecule has 0 saturated heterocycles. The SMILES string of the molecule is CCC[C@@H](C)c1nnc(NC(=O)Cc2ccc3c(c2)NC(=O)CO3)s1. The average Bonchev–Trinajstić information content (AvgIpc) is 3.03. The van der Waals surface area contributed by atoms with Gasteiger partial charge in [-0.1, -0.05) is 37.7 Å². The monoisotopic (exact) mass is 360 g/mol. The van der Waals surface area contributed by atoms with Crippen LogP contribution in [0.15, 0.2) is 18.2 Å². The van der Waals surface area contributed by atoms with Gasteiger partial charge >= 0.3 is 0 Å². The van der Waals surface area contributed by atoms with E-state index in [1.807, 2.05) is 6.07 Å². The molecule has 2 heterocycles. The van der Waals surface area contributed by atoms with E-state index in [1.54, 1.807) is 12.1 Å². The van der Waals surface area contributed by atoms with Crippen LogP contribution in [0.25, 0.3) is 0 Å². The second-order valence-corrected chi connectivity index (χ2v) is 7.04. The number of hydrogen-bond acceptors (Lipinski definition) is 6. The lowest BCUT2D eigenvalue weighted by molar-refractivity contribution is -0.118. The van der Waals surface area contributed by atoms with Gasteiger partial charge < -0.3 is 15.4 Å². The minimum absolute atomic E-state index is 0.0165. The van der Waals surface area contributed by atoms with Gasteiger partial charge in [-0.15, -0.1) is 10.2 Å². The summed E-state index contributed by atoms with van der Waals surface area (Å²) in [5, 5.41) is 15.2. The second kappa shape index (κ2) is 7.60. The van der Waals surface area contributed by atoms with Crippen LogP contribution in [0.4, 0.5) is 10.8 Å². The molecule has 8 heteroatoms. The van der Waals surface area contributed by atoms with Gasteiger partial charge in [-0.3, -0.25) is 9.59 Å². The van der Waals surface area contributed by atoms with E-state index in [2.05, 4.69) is 34.7 Å². The summed E-state index contributed by atoms with van der Waals surface area (Å²) in [6.07, 6.45) is 2.31. The highest BCUT2D eigenvalue weighted by atomic mass is 32.1. The molecule has 0 fully saturated rings. The first-order valence-electron chi connectivity index (χ1n) is 8.24. The number of anilines is 2. The maximum Gasteiger partial charge on any atom is 0.262 e. The molecular formula is C17H20N4O3S. The van der Waals surface area contributed by atoms with Crippen molar-refractivity contribution in [2.75, 3.05) is 17.2 Å². The minimum Gasteiger partial charge on any atom is -0.482 e. The lowest BCUT2D eigenvalue weighted by Crippen LogP contribution is -2.25. The van der Waals surface area contributed by atoms with Crippen LogP contribution in [0.1, 0.15) is 43.2 Å². The Labute approximate surface area is 149 Å². The van der Waals surface area contributed by atoms with Crippen LogP contribution in [0.5, 0.6) is 5.75 Å². The maximum absolute atomic E-state index is 12.2. The Hall–Kier alpha value is -2.48. The van der Waals surface area contributed by atoms with Gasteiger partial charge in [0, 0.05) is 5.92 Å². The number of carbonyl (C=O) groups is 2. The summed E-state index contributed by atoms with van der Waals surface area (Å²) in [7, 11) is 0. The lowest BCUT2D eigenvalue weighted by atomic mass is 10.1. The normalized spacial score (nSPS) is 14.2. The highest BCUT2D eigenvalue weighted by Crippen LogP contribution is 2.29. The molecule has 7 nitrogen and oxygen atoms in total. The third-order valence-electron chi connectivity index (χ3n) is 3.87. The first-order valence-corrected chi connectivity index (χ1v) is 9.05. The molecule has 2 aromatic rings. The Morgan fingerprint density at radius 3 is 3.08 bits per heavy atom. The maximum atomic E-state index is 12.2. The molecule has 1 aliphatic heterocycles. The minimum atomic E-state index is -0.198. The Morgan fingerprint density at radius 1 is 1.44 bits per heavy atom. The van der Waals surface area contributed by atoms with E-state index < -0.39 is 0 Å². The van der Waals surface area contributed by atoms with E-state index in [-0.39, 0.29) is 24.8 Å². The van der Waals surface area contributed by atoms with Crippen LogP contribution >= 0.6 is 11.3 Å². The molecular weight excluding hydrogens is 340 g/mol. The van der Waals surface area contributed by atoms with E-state index in [0.717, 1.165) is 23.4 Å². The highest BCUT2D eigenvalue weighted by molar-refractivity contribution is 7.15. The van der Waals surface area contributed by atoms with Crippen LogP contribution in [-0.2, 0) is 16.0 Å². The van der Waals surface area contributed by atoms with Crippen molar-refractivity contribution >= 4 is 34.0 Å². The van der Waals surface area contributed by atoms with Gasteiger partial charge in [0.25, 0.3) is 5.91 Å². The summed E-state index contributed by atoms with van der Waals surface area (Å²) in [4.78, 5) is 23.6. The van der Waals surface area contributed by atoms with Crippen LogP contribution in [0.3, 0.4) is 0 Å². The van der Waals surface area contributed by atoms with Crippen molar-refractivity contribution in [2.45, 2.75) is 39.0 Å². The van der Waals surface area contributed by atoms with Crippen molar-refractivity contribution in [3.8, 4) is 5.75 Å². The summed E-state index contributed by atoms with van der Waals surface area (Å²) in [5.41, 5.74) is 1.37. The average molecular weight is 360 g/mol. The molecule has 0 bridgehead atoms. The van der Waals surface area contributed by atoms with Gasteiger partial charge in [-0.25, -0.2) is 0 Å². The predicted molar refractivity (Wildman–Crippen MR) is 96.1 cm³/mol. The number of carbonyl (C=O) groups excluding carboxylic acids is 2. The number of fused-ring (bicyclic) bond motifs is 1. The number of hydrogen-bond donors (Lipinski definition) is 2. The highest BCUT2D eigenvalue weighted by Gasteiger charge is 2.17. The zero-order chi connectivity index (χ0) is 17.8. The topological polar surface area (TPSA) is 93.2 Å². The number of benzene rings is 1. The van der Waals surface area contributed by atoms with E-state index in [4.69, 9.17) is 4.74 Å². The van der Waals surface area contributed by atoms with Crippen molar-refractivity contribution < 1.29 is 14.3 Å². The van der Waals surface area contributed by atoms with Gasteiger partial charge in [-0.05, 0) is 24.1 Å². The van der Waals surface area contributed by atoms with E-state index in [9.17, 15) is 9.59 Å². The summed E-state index contributed by atoms with van der Waals surface area (Å²) >= 11 is 1.41. The third kappa shape index (κ3) is 4.33. The number of aromatic nitrogens is 2. The number of amides is 2. The molecule has 1 aromatic heterocycles. The Bertz CT molecular complexity index is 790. The van der Waals surface area contributed by atoms with Crippen LogP contribution < -0.4 is 15.4 Å². The van der Waals surface area contributed by atoms with Gasteiger partial charge in [0.05, 0.1) is 12.1 Å². The van der Waals surface area contributed by atoms with Gasteiger partial charge in [0.1, 0.15) is 10.8 Å². The van der Waals surface area contributed by atoms with Gasteiger partial charge in [-0.2, -0.15) is 0 Å². The van der Waals surface area contributed by atoms with E-state index in [1.165, 1.54) is 11.3 Å². The van der Waals surface area contributed by atoms with Crippen molar-refractivity contribution in [3.63, 3.8) is 0 Å². The van der Waals surface area contributed by atoms with Crippen molar-refractivity contribution in [1.29, 1.82) is 0 Å². The van der Waals surface area contributed by atoms with Crippen molar-refractivity contribution in [2.24, 2.45) is 0 Å². The molecule has 2 amide bonds. The van der Waals surface area contributed by atoms with Crippen molar-refractivity contribution in [1.82, 2.24) is 10.2 Å². The molecule has 2 N–H and O–H groups in total. The Morgan fingerprint density at radius 2 is 2.28 bits per heavy atom. The summed E-state index contributed by atoms with van der Waals surface area (Å²) in [6, 6.07) is 5.32. The van der Waals surface area contributed by atoms with Crippen LogP contribution in [-0.4, -0.2) is 28.6 Å². The molecule has 1 atom stereocenters. The zero-order valence-electron chi connectivity index (χ0n) is 14.2. The molecule has 1 aliphatic rings. The van der Waals surface area contributed by atoms with Crippen LogP contribution in [0.2, 0.25) is 0 Å². The number of ether oxygens (including phenoxy) is 1. The Balaban J connectivity index is 1.61. The van der Waals surface area contributed by atoms with Crippen LogP contribution in [0, 0.1) is 0 Å². The predicted octanol–water partition coefficient (Wildman–Crippen LogP) is 2.95. The quantitative estimate of drug-likeness (QED) is 0.826. The summed E-state index contributed by atoms with van der Waals surface area (Å²) in [6.45, 7) is 4.26. The lowest BCUT2D eigenvalue weighted by Gasteiger charge is -2.18. The standard InChI is InChI=1S/C17H20N4O3S/c1-3-4-10(2)16-20-21-17(25-16)19-14(22)8-11-5-6-13-12(7-11)18-15(23)9-24-13/h5-7,10H,3-4,8-9H2,1-2H3,(H,18,23)(H,19,21,22)/t10-/m1/s1. The fourth-order valence-corrected chi connectivity index (χ4v) is 3.48. The fourth-order valence-electron chi connectivity index (χ4n) is 2.63. The van der Waals surface area contributed by atoms with Gasteiger partial charge in [0.2, 0.25) is 11.0 Å². The second-order valence-electron chi connectivity index (χ2n) is 6.03. The number of rotatable bonds is 6. The molecule has 132 valence electrons. The van der Waals surface area contributed by atoms with E-state index >= 15 is 0 Å². The third-order valence-corrected chi connectivity index (χ3v) is 4.94. The summed E-state index contributed by atoms with van der Waals surface area (Å²) < 4.78 is 5.31. The Kier molecular flexibility index (Phi) is 5.28. The summed E-state index contributed by atoms with van der Waals surface area (Å²) in [5.74, 6) is 0.588. The largest absolute Gasteiger partial charge is 0.482 e. The molecule has 25 heavy (non-hydrogen) atoms. The fraction of sp³-hybridized carbons (Fsp3) is 0.412. The van der Waals surface area contributed by atoms with E-state index in [0.29, 0.717) is 22.5 Å². The molecule has 3 rings (SSSR count). The van der Waals surface area contributed by atoms with Gasteiger partial charge in [0.15, 0.2) is 6.61 Å². The molecule has 0 spiro atoms. The van der Waals surface area contributed by atoms with Crippen molar-refractivity contribution in [3.05, 3.63) is 28.8 Å². The molecule has 0 radical (unpaired) electrons. The molecule has 1 aromatic carbocycles. The zero-order valence-corrected chi connectivity index (χ0v) is 15.0. The number of nitrogens with zero attached hydrogens (tertiary/aromatic N) is 2. The molecule has 0 aliphatic carbocycles. The molecule has 0 saturated carbocycles. The first-order chi connectivity index (χ1) is 12.0.